The van der Waals surface area contributed by atoms with E-state index in [-0.39, 0.29) is 29.5 Å². The third kappa shape index (κ3) is 5.78. The lowest BCUT2D eigenvalue weighted by Crippen LogP contribution is -2.44. The predicted octanol–water partition coefficient (Wildman–Crippen LogP) is 4.29. The number of rotatable bonds is 7. The fraction of sp³-hybridized carbons (Fsp3) is 0.478. The maximum Gasteiger partial charge on any atom is 0.163 e. The van der Waals surface area contributed by atoms with E-state index in [1.807, 2.05) is 32.0 Å². The average Bonchev–Trinajstić information content (AvgIpc) is 2.67. The monoisotopic (exact) mass is 402 g/mol. The number of aromatic hydroxyl groups is 3. The molecular formula is C23H30O6. The summed E-state index contributed by atoms with van der Waals surface area (Å²) in [5.74, 6) is -0.246. The van der Waals surface area contributed by atoms with Gasteiger partial charge < -0.3 is 29.5 Å². The fourth-order valence-corrected chi connectivity index (χ4v) is 3.83. The van der Waals surface area contributed by atoms with Crippen LogP contribution in [0.25, 0.3) is 0 Å². The summed E-state index contributed by atoms with van der Waals surface area (Å²) >= 11 is 0. The molecule has 1 aliphatic rings. The first-order valence-corrected chi connectivity index (χ1v) is 9.98. The van der Waals surface area contributed by atoms with Crippen molar-refractivity contribution >= 4 is 0 Å². The van der Waals surface area contributed by atoms with Gasteiger partial charge in [-0.3, -0.25) is 0 Å². The van der Waals surface area contributed by atoms with Crippen molar-refractivity contribution in [3.05, 3.63) is 47.5 Å². The predicted molar refractivity (Wildman–Crippen MR) is 110 cm³/mol. The van der Waals surface area contributed by atoms with Gasteiger partial charge in [0.05, 0.1) is 19.3 Å². The number of ether oxygens (including phenoxy) is 3. The summed E-state index contributed by atoms with van der Waals surface area (Å²) in [4.78, 5) is 0. The van der Waals surface area contributed by atoms with Crippen LogP contribution in [0.3, 0.4) is 0 Å². The molecule has 0 spiro atoms. The van der Waals surface area contributed by atoms with Gasteiger partial charge in [0.1, 0.15) is 0 Å². The number of phenols is 3. The Morgan fingerprint density at radius 2 is 1.41 bits per heavy atom. The molecule has 2 aromatic rings. The molecule has 3 N–H and O–H groups in total. The summed E-state index contributed by atoms with van der Waals surface area (Å²) in [6.45, 7) is 3.87. The molecule has 1 heterocycles. The van der Waals surface area contributed by atoms with Crippen molar-refractivity contribution in [3.8, 4) is 23.0 Å². The van der Waals surface area contributed by atoms with Gasteiger partial charge in [0.2, 0.25) is 0 Å². The maximum absolute atomic E-state index is 9.74. The molecule has 29 heavy (non-hydrogen) atoms. The van der Waals surface area contributed by atoms with Crippen molar-refractivity contribution in [1.82, 2.24) is 0 Å². The number of aryl methyl sites for hydroxylation is 2. The molecule has 0 saturated carbocycles. The zero-order chi connectivity index (χ0) is 21.0. The minimum Gasteiger partial charge on any atom is -0.504 e. The molecular weight excluding hydrogens is 372 g/mol. The van der Waals surface area contributed by atoms with Crippen LogP contribution in [0.1, 0.15) is 44.2 Å². The van der Waals surface area contributed by atoms with Crippen molar-refractivity contribution in [1.29, 1.82) is 0 Å². The molecule has 6 nitrogen and oxygen atoms in total. The van der Waals surface area contributed by atoms with Gasteiger partial charge in [-0.25, -0.2) is 0 Å². The van der Waals surface area contributed by atoms with Gasteiger partial charge >= 0.3 is 0 Å². The van der Waals surface area contributed by atoms with Crippen LogP contribution in [0.5, 0.6) is 23.0 Å². The third-order valence-electron chi connectivity index (χ3n) is 5.22. The third-order valence-corrected chi connectivity index (χ3v) is 5.22. The Balaban J connectivity index is 1.57. The Hall–Kier alpha value is -2.44. The highest BCUT2D eigenvalue weighted by Gasteiger charge is 2.35. The first-order chi connectivity index (χ1) is 13.8. The Bertz CT molecular complexity index is 832. The summed E-state index contributed by atoms with van der Waals surface area (Å²) in [7, 11) is 1.54. The molecule has 0 bridgehead atoms. The molecule has 0 unspecified atom stereocenters. The number of phenolic OH excluding ortho intramolecular Hbond substituents is 3. The molecule has 2 atom stereocenters. The van der Waals surface area contributed by atoms with Gasteiger partial charge in [0, 0.05) is 6.42 Å². The largest absolute Gasteiger partial charge is 0.504 e. The summed E-state index contributed by atoms with van der Waals surface area (Å²) in [6, 6.07) is 10.3. The van der Waals surface area contributed by atoms with Gasteiger partial charge in [-0.15, -0.1) is 0 Å². The highest BCUT2D eigenvalue weighted by atomic mass is 16.7. The van der Waals surface area contributed by atoms with E-state index < -0.39 is 5.79 Å². The number of benzene rings is 2. The number of hydrogen-bond acceptors (Lipinski definition) is 6. The summed E-state index contributed by atoms with van der Waals surface area (Å²) in [5.41, 5.74) is 2.05. The van der Waals surface area contributed by atoms with Crippen molar-refractivity contribution < 1.29 is 29.5 Å². The smallest absolute Gasteiger partial charge is 0.163 e. The Morgan fingerprint density at radius 1 is 0.862 bits per heavy atom. The Labute approximate surface area is 171 Å². The van der Waals surface area contributed by atoms with Gasteiger partial charge in [0.25, 0.3) is 0 Å². The fourth-order valence-electron chi connectivity index (χ4n) is 3.83. The zero-order valence-electron chi connectivity index (χ0n) is 17.2. The van der Waals surface area contributed by atoms with Crippen LogP contribution in [-0.2, 0) is 22.3 Å². The first-order valence-electron chi connectivity index (χ1n) is 9.98. The molecule has 0 radical (unpaired) electrons. The number of hydrogen-bond donors (Lipinski definition) is 3. The highest BCUT2D eigenvalue weighted by molar-refractivity contribution is 5.42. The Morgan fingerprint density at radius 3 is 1.97 bits per heavy atom. The topological polar surface area (TPSA) is 88.4 Å². The van der Waals surface area contributed by atoms with Crippen molar-refractivity contribution in [2.45, 2.75) is 63.9 Å². The first kappa shape index (κ1) is 21.3. The second-order valence-electron chi connectivity index (χ2n) is 8.02. The standard InChI is InChI=1S/C23H30O6/c1-23(2)28-17(8-4-15-6-10-19(24)21(26)12-15)14-18(29-23)9-5-16-7-11-20(25)22(13-16)27-3/h6-7,10-13,17-18,24-26H,4-5,8-9,14H2,1-3H3/t17-,18+/m1/s1. The van der Waals surface area contributed by atoms with Gasteiger partial charge in [-0.2, -0.15) is 0 Å². The van der Waals surface area contributed by atoms with Gasteiger partial charge in [-0.1, -0.05) is 12.1 Å². The van der Waals surface area contributed by atoms with Crippen LogP contribution in [-0.4, -0.2) is 40.4 Å². The molecule has 1 saturated heterocycles. The molecule has 1 fully saturated rings. The summed E-state index contributed by atoms with van der Waals surface area (Å²) < 4.78 is 17.4. The number of methoxy groups -OCH3 is 1. The second-order valence-corrected chi connectivity index (χ2v) is 8.02. The average molecular weight is 402 g/mol. The van der Waals surface area contributed by atoms with E-state index in [2.05, 4.69) is 0 Å². The molecule has 158 valence electrons. The van der Waals surface area contributed by atoms with Crippen LogP contribution in [0.15, 0.2) is 36.4 Å². The summed E-state index contributed by atoms with van der Waals surface area (Å²) in [5, 5.41) is 28.9. The minimum absolute atomic E-state index is 0.0500. The van der Waals surface area contributed by atoms with E-state index in [0.717, 1.165) is 43.2 Å². The molecule has 0 amide bonds. The van der Waals surface area contributed by atoms with E-state index in [0.29, 0.717) is 5.75 Å². The van der Waals surface area contributed by atoms with Crippen LogP contribution < -0.4 is 4.74 Å². The Kier molecular flexibility index (Phi) is 6.55. The molecule has 0 aromatic heterocycles. The van der Waals surface area contributed by atoms with E-state index in [1.54, 1.807) is 19.2 Å². The molecule has 0 aliphatic carbocycles. The highest BCUT2D eigenvalue weighted by Crippen LogP contribution is 2.33. The van der Waals surface area contributed by atoms with Crippen molar-refractivity contribution in [2.75, 3.05) is 7.11 Å². The SMILES string of the molecule is COc1cc(CC[C@H]2C[C@@H](CCc3ccc(O)c(O)c3)OC(C)(C)O2)ccc1O. The molecule has 1 aliphatic heterocycles. The zero-order valence-corrected chi connectivity index (χ0v) is 17.2. The van der Waals surface area contributed by atoms with Crippen molar-refractivity contribution in [3.63, 3.8) is 0 Å². The van der Waals surface area contributed by atoms with Crippen LogP contribution in [0.4, 0.5) is 0 Å². The van der Waals surface area contributed by atoms with E-state index >= 15 is 0 Å². The van der Waals surface area contributed by atoms with E-state index in [4.69, 9.17) is 14.2 Å². The van der Waals surface area contributed by atoms with Gasteiger partial charge in [-0.05, 0) is 74.9 Å². The van der Waals surface area contributed by atoms with E-state index in [1.165, 1.54) is 6.07 Å². The normalized spacial score (nSPS) is 21.1. The van der Waals surface area contributed by atoms with Gasteiger partial charge in [0.15, 0.2) is 28.8 Å². The molecule has 2 aromatic carbocycles. The van der Waals surface area contributed by atoms with Crippen LogP contribution in [0.2, 0.25) is 0 Å². The van der Waals surface area contributed by atoms with Crippen LogP contribution >= 0.6 is 0 Å². The van der Waals surface area contributed by atoms with E-state index in [9.17, 15) is 15.3 Å². The lowest BCUT2D eigenvalue weighted by Gasteiger charge is -2.41. The second kappa shape index (κ2) is 8.93. The molecule has 6 heteroatoms. The maximum atomic E-state index is 9.74. The molecule has 3 rings (SSSR count). The van der Waals surface area contributed by atoms with Crippen molar-refractivity contribution in [2.24, 2.45) is 0 Å². The lowest BCUT2D eigenvalue weighted by molar-refractivity contribution is -0.301. The minimum atomic E-state index is -0.655. The lowest BCUT2D eigenvalue weighted by atomic mass is 9.97. The summed E-state index contributed by atoms with van der Waals surface area (Å²) in [6.07, 6.45) is 4.12. The quantitative estimate of drug-likeness (QED) is 0.599. The van der Waals surface area contributed by atoms with Crippen LogP contribution in [0, 0.1) is 0 Å².